The SMILES string of the molecule is O=C(NCc1ccccc1)C1CCN(Cc2nc(-c3ccc(Cl)cc3Cl)no2)CC1. The minimum absolute atomic E-state index is 0.0380. The predicted molar refractivity (Wildman–Crippen MR) is 116 cm³/mol. The molecule has 1 amide bonds. The molecule has 0 radical (unpaired) electrons. The van der Waals surface area contributed by atoms with E-state index >= 15 is 0 Å². The number of nitrogens with zero attached hydrogens (tertiary/aromatic N) is 3. The maximum atomic E-state index is 12.5. The second kappa shape index (κ2) is 9.60. The monoisotopic (exact) mass is 444 g/mol. The van der Waals surface area contributed by atoms with Crippen molar-refractivity contribution in [3.8, 4) is 11.4 Å². The van der Waals surface area contributed by atoms with E-state index in [4.69, 9.17) is 27.7 Å². The highest BCUT2D eigenvalue weighted by Crippen LogP contribution is 2.28. The van der Waals surface area contributed by atoms with Gasteiger partial charge in [-0.2, -0.15) is 4.98 Å². The summed E-state index contributed by atoms with van der Waals surface area (Å²) in [5.74, 6) is 1.14. The van der Waals surface area contributed by atoms with E-state index in [0.717, 1.165) is 31.5 Å². The lowest BCUT2D eigenvalue weighted by molar-refractivity contribution is -0.126. The molecule has 1 N–H and O–H groups in total. The second-order valence-corrected chi connectivity index (χ2v) is 8.23. The van der Waals surface area contributed by atoms with Crippen molar-refractivity contribution in [2.45, 2.75) is 25.9 Å². The van der Waals surface area contributed by atoms with Gasteiger partial charge in [-0.1, -0.05) is 58.7 Å². The Morgan fingerprint density at radius 3 is 2.63 bits per heavy atom. The van der Waals surface area contributed by atoms with Gasteiger partial charge >= 0.3 is 0 Å². The predicted octanol–water partition coefficient (Wildman–Crippen LogP) is 4.57. The molecule has 0 unspecified atom stereocenters. The topological polar surface area (TPSA) is 71.3 Å². The van der Waals surface area contributed by atoms with E-state index < -0.39 is 0 Å². The molecule has 0 saturated carbocycles. The van der Waals surface area contributed by atoms with Crippen molar-refractivity contribution < 1.29 is 9.32 Å². The van der Waals surface area contributed by atoms with Crippen molar-refractivity contribution in [1.82, 2.24) is 20.4 Å². The van der Waals surface area contributed by atoms with Crippen LogP contribution < -0.4 is 5.32 Å². The van der Waals surface area contributed by atoms with E-state index in [1.54, 1.807) is 18.2 Å². The number of hydrogen-bond acceptors (Lipinski definition) is 5. The highest BCUT2D eigenvalue weighted by Gasteiger charge is 2.26. The van der Waals surface area contributed by atoms with Gasteiger partial charge in [-0.15, -0.1) is 0 Å². The van der Waals surface area contributed by atoms with Crippen LogP contribution in [0, 0.1) is 5.92 Å². The summed E-state index contributed by atoms with van der Waals surface area (Å²) in [6, 6.07) is 15.1. The minimum Gasteiger partial charge on any atom is -0.352 e. The molecule has 4 rings (SSSR count). The zero-order chi connectivity index (χ0) is 20.9. The molecule has 0 atom stereocenters. The van der Waals surface area contributed by atoms with Crippen molar-refractivity contribution >= 4 is 29.1 Å². The number of rotatable bonds is 6. The maximum Gasteiger partial charge on any atom is 0.241 e. The first-order valence-corrected chi connectivity index (χ1v) is 10.7. The van der Waals surface area contributed by atoms with E-state index in [0.29, 0.717) is 40.4 Å². The lowest BCUT2D eigenvalue weighted by Gasteiger charge is -2.30. The number of piperidine rings is 1. The molecule has 1 aromatic heterocycles. The van der Waals surface area contributed by atoms with Crippen molar-refractivity contribution in [3.05, 3.63) is 70.0 Å². The number of nitrogens with one attached hydrogen (secondary N) is 1. The number of hydrogen-bond donors (Lipinski definition) is 1. The highest BCUT2D eigenvalue weighted by atomic mass is 35.5. The second-order valence-electron chi connectivity index (χ2n) is 7.39. The molecule has 2 aromatic carbocycles. The molecule has 156 valence electrons. The molecule has 1 aliphatic rings. The van der Waals surface area contributed by atoms with Crippen LogP contribution in [-0.2, 0) is 17.9 Å². The number of carbonyl (C=O) groups is 1. The van der Waals surface area contributed by atoms with Crippen LogP contribution in [0.1, 0.15) is 24.3 Å². The molecule has 1 saturated heterocycles. The zero-order valence-electron chi connectivity index (χ0n) is 16.4. The Kier molecular flexibility index (Phi) is 6.67. The number of benzene rings is 2. The zero-order valence-corrected chi connectivity index (χ0v) is 17.9. The van der Waals surface area contributed by atoms with Crippen LogP contribution in [0.4, 0.5) is 0 Å². The summed E-state index contributed by atoms with van der Waals surface area (Å²) >= 11 is 12.2. The molecular weight excluding hydrogens is 423 g/mol. The van der Waals surface area contributed by atoms with E-state index in [9.17, 15) is 4.79 Å². The van der Waals surface area contributed by atoms with Crippen molar-refractivity contribution in [2.24, 2.45) is 5.92 Å². The van der Waals surface area contributed by atoms with Crippen LogP contribution >= 0.6 is 23.2 Å². The summed E-state index contributed by atoms with van der Waals surface area (Å²) in [7, 11) is 0. The third-order valence-corrected chi connectivity index (χ3v) is 5.81. The normalized spacial score (nSPS) is 15.3. The van der Waals surface area contributed by atoms with Gasteiger partial charge in [0, 0.05) is 23.0 Å². The molecule has 1 fully saturated rings. The molecule has 2 heterocycles. The van der Waals surface area contributed by atoms with E-state index in [1.165, 1.54) is 0 Å². The fraction of sp³-hybridized carbons (Fsp3) is 0.318. The van der Waals surface area contributed by atoms with E-state index in [-0.39, 0.29) is 11.8 Å². The fourth-order valence-corrected chi connectivity index (χ4v) is 4.07. The summed E-state index contributed by atoms with van der Waals surface area (Å²) < 4.78 is 5.40. The summed E-state index contributed by atoms with van der Waals surface area (Å²) in [4.78, 5) is 19.1. The fourth-order valence-electron chi connectivity index (χ4n) is 3.57. The summed E-state index contributed by atoms with van der Waals surface area (Å²) in [5.41, 5.74) is 1.79. The lowest BCUT2D eigenvalue weighted by atomic mass is 9.96. The quantitative estimate of drug-likeness (QED) is 0.602. The molecule has 0 aliphatic carbocycles. The van der Waals surface area contributed by atoms with Crippen LogP contribution in [0.2, 0.25) is 10.0 Å². The van der Waals surface area contributed by atoms with Gasteiger partial charge in [-0.25, -0.2) is 0 Å². The minimum atomic E-state index is 0.0380. The first-order chi connectivity index (χ1) is 14.6. The van der Waals surface area contributed by atoms with Gasteiger partial charge in [-0.3, -0.25) is 9.69 Å². The largest absolute Gasteiger partial charge is 0.352 e. The van der Waals surface area contributed by atoms with Crippen molar-refractivity contribution in [3.63, 3.8) is 0 Å². The molecule has 3 aromatic rings. The van der Waals surface area contributed by atoms with Crippen LogP contribution in [0.3, 0.4) is 0 Å². The number of halogens is 2. The molecule has 30 heavy (non-hydrogen) atoms. The maximum absolute atomic E-state index is 12.5. The third-order valence-electron chi connectivity index (χ3n) is 5.27. The molecular formula is C22H22Cl2N4O2. The van der Waals surface area contributed by atoms with Gasteiger partial charge in [0.25, 0.3) is 0 Å². The Labute approximate surface area is 185 Å². The van der Waals surface area contributed by atoms with Crippen molar-refractivity contribution in [2.75, 3.05) is 13.1 Å². The smallest absolute Gasteiger partial charge is 0.241 e. The first kappa shape index (κ1) is 20.8. The van der Waals surface area contributed by atoms with Crippen LogP contribution in [-0.4, -0.2) is 34.0 Å². The Hall–Kier alpha value is -2.41. The average Bonchev–Trinajstić information content (AvgIpc) is 3.21. The number of likely N-dealkylation sites (tertiary alicyclic amines) is 1. The van der Waals surface area contributed by atoms with Gasteiger partial charge in [0.1, 0.15) is 0 Å². The standard InChI is InChI=1S/C22H22Cl2N4O2/c23-17-6-7-18(19(24)12-17)21-26-20(30-27-21)14-28-10-8-16(9-11-28)22(29)25-13-15-4-2-1-3-5-15/h1-7,12,16H,8-11,13-14H2,(H,25,29). The summed E-state index contributed by atoms with van der Waals surface area (Å²) in [6.07, 6.45) is 1.62. The third kappa shape index (κ3) is 5.19. The molecule has 0 spiro atoms. The Morgan fingerprint density at radius 2 is 1.90 bits per heavy atom. The van der Waals surface area contributed by atoms with E-state index in [2.05, 4.69) is 20.4 Å². The van der Waals surface area contributed by atoms with Crippen LogP contribution in [0.15, 0.2) is 53.1 Å². The van der Waals surface area contributed by atoms with Gasteiger partial charge in [-0.05, 0) is 49.7 Å². The molecule has 8 heteroatoms. The Bertz CT molecular complexity index is 1000. The number of amides is 1. The Balaban J connectivity index is 1.27. The average molecular weight is 445 g/mol. The molecule has 1 aliphatic heterocycles. The first-order valence-electron chi connectivity index (χ1n) is 9.90. The summed E-state index contributed by atoms with van der Waals surface area (Å²) in [5, 5.41) is 8.12. The van der Waals surface area contributed by atoms with Crippen LogP contribution in [0.5, 0.6) is 0 Å². The number of carbonyl (C=O) groups excluding carboxylic acids is 1. The lowest BCUT2D eigenvalue weighted by Crippen LogP contribution is -2.40. The highest BCUT2D eigenvalue weighted by molar-refractivity contribution is 6.36. The van der Waals surface area contributed by atoms with Crippen LogP contribution in [0.25, 0.3) is 11.4 Å². The van der Waals surface area contributed by atoms with Crippen molar-refractivity contribution in [1.29, 1.82) is 0 Å². The molecule has 0 bridgehead atoms. The van der Waals surface area contributed by atoms with Gasteiger partial charge < -0.3 is 9.84 Å². The van der Waals surface area contributed by atoms with Gasteiger partial charge in [0.05, 0.1) is 11.6 Å². The van der Waals surface area contributed by atoms with E-state index in [1.807, 2.05) is 30.3 Å². The number of aromatic nitrogens is 2. The summed E-state index contributed by atoms with van der Waals surface area (Å²) in [6.45, 7) is 2.74. The Morgan fingerprint density at radius 1 is 1.13 bits per heavy atom. The van der Waals surface area contributed by atoms with Gasteiger partial charge in [0.2, 0.25) is 17.6 Å². The molecule has 6 nitrogen and oxygen atoms in total. The van der Waals surface area contributed by atoms with Gasteiger partial charge in [0.15, 0.2) is 0 Å².